The van der Waals surface area contributed by atoms with E-state index < -0.39 is 0 Å². The molecule has 30 heavy (non-hydrogen) atoms. The first-order valence-electron chi connectivity index (χ1n) is 10.6. The van der Waals surface area contributed by atoms with Crippen LogP contribution in [0, 0.1) is 0 Å². The maximum atomic E-state index is 13.5. The minimum atomic E-state index is 0.0999. The molecule has 2 aromatic heterocycles. The first-order valence-corrected chi connectivity index (χ1v) is 10.6. The first kappa shape index (κ1) is 17.7. The van der Waals surface area contributed by atoms with Crippen LogP contribution in [0.3, 0.4) is 0 Å². The Morgan fingerprint density at radius 2 is 1.73 bits per heavy atom. The van der Waals surface area contributed by atoms with E-state index in [4.69, 9.17) is 9.72 Å². The summed E-state index contributed by atoms with van der Waals surface area (Å²) in [4.78, 5) is 20.7. The maximum Gasteiger partial charge on any atom is 0.260 e. The second kappa shape index (κ2) is 6.96. The number of rotatable bonds is 3. The highest BCUT2D eigenvalue weighted by Gasteiger charge is 2.41. The van der Waals surface area contributed by atoms with E-state index in [1.54, 1.807) is 0 Å². The molecule has 2 unspecified atom stereocenters. The maximum absolute atomic E-state index is 13.5. The van der Waals surface area contributed by atoms with Crippen molar-refractivity contribution in [1.29, 1.82) is 0 Å². The average molecular weight is 397 g/mol. The minimum absolute atomic E-state index is 0.0999. The lowest BCUT2D eigenvalue weighted by atomic mass is 10.1. The number of nitrogens with zero attached hydrogens (tertiary/aromatic N) is 3. The number of anilines is 1. The number of fused-ring (bicyclic) bond motifs is 2. The minimum Gasteiger partial charge on any atom is -0.378 e. The molecule has 1 saturated heterocycles. The van der Waals surface area contributed by atoms with E-state index in [-0.39, 0.29) is 11.6 Å². The van der Waals surface area contributed by atoms with Crippen molar-refractivity contribution in [2.24, 2.45) is 0 Å². The second-order valence-corrected chi connectivity index (χ2v) is 8.21. The van der Waals surface area contributed by atoms with Crippen molar-refractivity contribution in [2.75, 3.05) is 31.2 Å². The molecule has 0 radical (unpaired) electrons. The van der Waals surface area contributed by atoms with Gasteiger partial charge in [-0.1, -0.05) is 36.4 Å². The summed E-state index contributed by atoms with van der Waals surface area (Å²) in [6.45, 7) is 3.05. The fourth-order valence-electron chi connectivity index (χ4n) is 4.71. The molecule has 0 spiro atoms. The Bertz CT molecular complexity index is 1310. The Morgan fingerprint density at radius 3 is 2.63 bits per heavy atom. The van der Waals surface area contributed by atoms with Crippen LogP contribution < -0.4 is 10.5 Å². The summed E-state index contributed by atoms with van der Waals surface area (Å²) in [6.07, 6.45) is 2.91. The van der Waals surface area contributed by atoms with E-state index in [9.17, 15) is 4.79 Å². The number of hydrogen-bond donors (Lipinski definition) is 0. The van der Waals surface area contributed by atoms with Gasteiger partial charge < -0.3 is 14.2 Å². The lowest BCUT2D eigenvalue weighted by Crippen LogP contribution is -2.37. The van der Waals surface area contributed by atoms with Gasteiger partial charge in [0.15, 0.2) is 0 Å². The molecule has 0 amide bonds. The van der Waals surface area contributed by atoms with Gasteiger partial charge in [0.05, 0.1) is 29.8 Å². The van der Waals surface area contributed by atoms with Crippen molar-refractivity contribution in [3.8, 4) is 0 Å². The van der Waals surface area contributed by atoms with Gasteiger partial charge in [0.25, 0.3) is 5.56 Å². The standard InChI is InChI=1S/C25H23N3O2/c29-25-24-18(5-3-7-22(24)27-12-14-30-15-13-27)10-11-28(25)23-16-19(23)21-9-8-17-4-1-2-6-20(17)26-21/h1-11,19,23H,12-16H2. The molecular weight excluding hydrogens is 374 g/mol. The molecule has 2 fully saturated rings. The average Bonchev–Trinajstić information content (AvgIpc) is 3.60. The molecule has 1 saturated carbocycles. The predicted octanol–water partition coefficient (Wildman–Crippen LogP) is 4.11. The Balaban J connectivity index is 1.38. The van der Waals surface area contributed by atoms with E-state index in [2.05, 4.69) is 35.2 Å². The highest BCUT2D eigenvalue weighted by Crippen LogP contribution is 2.50. The SMILES string of the molecule is O=c1c2c(N3CCOCC3)cccc2ccn1C1CC1c1ccc2ccccc2n1. The number of pyridine rings is 2. The smallest absolute Gasteiger partial charge is 0.260 e. The van der Waals surface area contributed by atoms with E-state index in [1.807, 2.05) is 41.1 Å². The number of aromatic nitrogens is 2. The number of ether oxygens (including phenoxy) is 1. The summed E-state index contributed by atoms with van der Waals surface area (Å²) in [7, 11) is 0. The molecule has 2 aliphatic rings. The first-order chi connectivity index (χ1) is 14.8. The zero-order chi connectivity index (χ0) is 20.1. The fourth-order valence-corrected chi connectivity index (χ4v) is 4.71. The Kier molecular flexibility index (Phi) is 4.09. The van der Waals surface area contributed by atoms with Gasteiger partial charge in [0.1, 0.15) is 0 Å². The van der Waals surface area contributed by atoms with Gasteiger partial charge in [0, 0.05) is 42.3 Å². The summed E-state index contributed by atoms with van der Waals surface area (Å²) < 4.78 is 7.42. The van der Waals surface area contributed by atoms with Crippen LogP contribution in [-0.4, -0.2) is 35.9 Å². The molecule has 3 heterocycles. The van der Waals surface area contributed by atoms with Crippen LogP contribution >= 0.6 is 0 Å². The summed E-state index contributed by atoms with van der Waals surface area (Å²) in [5.74, 6) is 0.292. The van der Waals surface area contributed by atoms with Crippen LogP contribution in [0.2, 0.25) is 0 Å². The van der Waals surface area contributed by atoms with E-state index in [1.165, 1.54) is 0 Å². The largest absolute Gasteiger partial charge is 0.378 e. The Labute approximate surface area is 174 Å². The lowest BCUT2D eigenvalue weighted by molar-refractivity contribution is 0.123. The summed E-state index contributed by atoms with van der Waals surface area (Å²) >= 11 is 0. The fraction of sp³-hybridized carbons (Fsp3) is 0.280. The molecule has 150 valence electrons. The van der Waals surface area contributed by atoms with Crippen LogP contribution in [0.15, 0.2) is 71.7 Å². The summed E-state index contributed by atoms with van der Waals surface area (Å²) in [5.41, 5.74) is 3.22. The van der Waals surface area contributed by atoms with Gasteiger partial charge in [-0.25, -0.2) is 0 Å². The molecule has 5 heteroatoms. The van der Waals surface area contributed by atoms with Crippen LogP contribution in [0.4, 0.5) is 5.69 Å². The normalized spacial score (nSPS) is 21.3. The molecular formula is C25H23N3O2. The van der Waals surface area contributed by atoms with Crippen molar-refractivity contribution in [3.05, 3.63) is 82.9 Å². The van der Waals surface area contributed by atoms with Gasteiger partial charge in [-0.3, -0.25) is 9.78 Å². The highest BCUT2D eigenvalue weighted by molar-refractivity contribution is 5.93. The van der Waals surface area contributed by atoms with Crippen molar-refractivity contribution < 1.29 is 4.74 Å². The van der Waals surface area contributed by atoms with Crippen LogP contribution in [0.5, 0.6) is 0 Å². The molecule has 2 aromatic carbocycles. The molecule has 1 aliphatic heterocycles. The van der Waals surface area contributed by atoms with Gasteiger partial charge in [-0.05, 0) is 36.1 Å². The Hall–Kier alpha value is -3.18. The van der Waals surface area contributed by atoms with Crippen molar-refractivity contribution >= 4 is 27.4 Å². The predicted molar refractivity (Wildman–Crippen MR) is 119 cm³/mol. The highest BCUT2D eigenvalue weighted by atomic mass is 16.5. The summed E-state index contributed by atoms with van der Waals surface area (Å²) in [5, 5.41) is 2.97. The molecule has 0 bridgehead atoms. The molecule has 4 aromatic rings. The third-order valence-corrected chi connectivity index (χ3v) is 6.40. The van der Waals surface area contributed by atoms with E-state index >= 15 is 0 Å². The number of para-hydroxylation sites is 1. The van der Waals surface area contributed by atoms with Gasteiger partial charge >= 0.3 is 0 Å². The number of hydrogen-bond acceptors (Lipinski definition) is 4. The molecule has 6 rings (SSSR count). The monoisotopic (exact) mass is 397 g/mol. The second-order valence-electron chi connectivity index (χ2n) is 8.21. The number of morpholine rings is 1. The molecule has 1 aliphatic carbocycles. The third kappa shape index (κ3) is 2.89. The molecule has 2 atom stereocenters. The topological polar surface area (TPSA) is 47.4 Å². The lowest BCUT2D eigenvalue weighted by Gasteiger charge is -2.29. The van der Waals surface area contributed by atoms with Crippen molar-refractivity contribution in [3.63, 3.8) is 0 Å². The zero-order valence-corrected chi connectivity index (χ0v) is 16.7. The molecule has 0 N–H and O–H groups in total. The van der Waals surface area contributed by atoms with Crippen LogP contribution in [-0.2, 0) is 4.74 Å². The van der Waals surface area contributed by atoms with Gasteiger partial charge in [-0.15, -0.1) is 0 Å². The van der Waals surface area contributed by atoms with E-state index in [0.29, 0.717) is 19.1 Å². The van der Waals surface area contributed by atoms with Crippen LogP contribution in [0.1, 0.15) is 24.1 Å². The van der Waals surface area contributed by atoms with E-state index in [0.717, 1.165) is 52.6 Å². The summed E-state index contributed by atoms with van der Waals surface area (Å²) in [6, 6.07) is 20.8. The quantitative estimate of drug-likeness (QED) is 0.522. The van der Waals surface area contributed by atoms with Gasteiger partial charge in [-0.2, -0.15) is 0 Å². The molecule has 5 nitrogen and oxygen atoms in total. The van der Waals surface area contributed by atoms with Gasteiger partial charge in [0.2, 0.25) is 0 Å². The Morgan fingerprint density at radius 1 is 0.900 bits per heavy atom. The zero-order valence-electron chi connectivity index (χ0n) is 16.7. The third-order valence-electron chi connectivity index (χ3n) is 6.40. The number of benzene rings is 2. The van der Waals surface area contributed by atoms with Crippen molar-refractivity contribution in [2.45, 2.75) is 18.4 Å². The van der Waals surface area contributed by atoms with Crippen LogP contribution in [0.25, 0.3) is 21.7 Å². The van der Waals surface area contributed by atoms with Crippen molar-refractivity contribution in [1.82, 2.24) is 9.55 Å².